The predicted molar refractivity (Wildman–Crippen MR) is 108 cm³/mol. The van der Waals surface area contributed by atoms with Crippen molar-refractivity contribution in [2.45, 2.75) is 0 Å². The van der Waals surface area contributed by atoms with Crippen LogP contribution in [0.2, 0.25) is 0 Å². The Morgan fingerprint density at radius 1 is 0.536 bits per heavy atom. The summed E-state index contributed by atoms with van der Waals surface area (Å²) in [7, 11) is 0. The van der Waals surface area contributed by atoms with Gasteiger partial charge in [0.25, 0.3) is 0 Å². The van der Waals surface area contributed by atoms with Gasteiger partial charge in [-0.3, -0.25) is 0 Å². The minimum absolute atomic E-state index is 0.440. The van der Waals surface area contributed by atoms with Gasteiger partial charge in [0, 0.05) is 22.9 Å². The summed E-state index contributed by atoms with van der Waals surface area (Å²) in [6.07, 6.45) is 2.13. The third kappa shape index (κ3) is 3.76. The van der Waals surface area contributed by atoms with E-state index in [0.29, 0.717) is 11.5 Å². The van der Waals surface area contributed by atoms with Crippen LogP contribution in [-0.4, -0.2) is 11.9 Å². The van der Waals surface area contributed by atoms with E-state index < -0.39 is 11.9 Å². The van der Waals surface area contributed by atoms with Crippen LogP contribution in [0.1, 0.15) is 0 Å². The highest BCUT2D eigenvalue weighted by Crippen LogP contribution is 2.26. The Kier molecular flexibility index (Phi) is 4.85. The SMILES string of the molecule is O=C(/C=C\C(=O)Oc1cccc2ccccc12)Oc1cccc2ccccc12. The Labute approximate surface area is 161 Å². The quantitative estimate of drug-likeness (QED) is 0.287. The van der Waals surface area contributed by atoms with Gasteiger partial charge in [-0.25, -0.2) is 9.59 Å². The fraction of sp³-hybridized carbons (Fsp3) is 0. The van der Waals surface area contributed by atoms with Crippen molar-refractivity contribution in [1.29, 1.82) is 0 Å². The van der Waals surface area contributed by atoms with Crippen LogP contribution in [-0.2, 0) is 9.59 Å². The molecule has 28 heavy (non-hydrogen) atoms. The Hall–Kier alpha value is -3.92. The molecular weight excluding hydrogens is 352 g/mol. The maximum atomic E-state index is 12.1. The third-order valence-corrected chi connectivity index (χ3v) is 4.28. The largest absolute Gasteiger partial charge is 0.423 e. The lowest BCUT2D eigenvalue weighted by molar-refractivity contribution is -0.131. The predicted octanol–water partition coefficient (Wildman–Crippen LogP) is 5.06. The Morgan fingerprint density at radius 2 is 0.929 bits per heavy atom. The second-order valence-corrected chi connectivity index (χ2v) is 6.13. The molecule has 0 saturated carbocycles. The number of esters is 2. The summed E-state index contributed by atoms with van der Waals surface area (Å²) in [6.45, 7) is 0. The maximum absolute atomic E-state index is 12.1. The number of fused-ring (bicyclic) bond motifs is 2. The summed E-state index contributed by atoms with van der Waals surface area (Å²) in [5.41, 5.74) is 0. The first-order valence-electron chi connectivity index (χ1n) is 8.78. The highest BCUT2D eigenvalue weighted by Gasteiger charge is 2.08. The van der Waals surface area contributed by atoms with Crippen LogP contribution in [0.4, 0.5) is 0 Å². The molecule has 0 aliphatic carbocycles. The first-order valence-corrected chi connectivity index (χ1v) is 8.78. The lowest BCUT2D eigenvalue weighted by Crippen LogP contribution is -2.08. The van der Waals surface area contributed by atoms with Gasteiger partial charge in [0.15, 0.2) is 0 Å². The summed E-state index contributed by atoms with van der Waals surface area (Å²) in [4.78, 5) is 24.2. The molecule has 0 spiro atoms. The van der Waals surface area contributed by atoms with Crippen LogP contribution in [0, 0.1) is 0 Å². The van der Waals surface area contributed by atoms with Crippen LogP contribution in [0.15, 0.2) is 97.1 Å². The van der Waals surface area contributed by atoms with Crippen molar-refractivity contribution in [1.82, 2.24) is 0 Å². The molecule has 0 radical (unpaired) electrons. The molecule has 0 atom stereocenters. The molecule has 0 aliphatic rings. The van der Waals surface area contributed by atoms with E-state index in [0.717, 1.165) is 33.7 Å². The number of carbonyl (C=O) groups is 2. The van der Waals surface area contributed by atoms with E-state index in [9.17, 15) is 9.59 Å². The molecule has 4 rings (SSSR count). The van der Waals surface area contributed by atoms with E-state index >= 15 is 0 Å². The van der Waals surface area contributed by atoms with Crippen molar-refractivity contribution >= 4 is 33.5 Å². The van der Waals surface area contributed by atoms with Gasteiger partial charge < -0.3 is 9.47 Å². The standard InChI is InChI=1S/C24H16O4/c25-23(27-21-13-5-9-17-7-1-3-11-19(17)21)15-16-24(26)28-22-14-6-10-18-8-2-4-12-20(18)22/h1-16H/b16-15-. The molecule has 4 aromatic rings. The highest BCUT2D eigenvalue weighted by atomic mass is 16.5. The smallest absolute Gasteiger partial charge is 0.336 e. The number of carbonyl (C=O) groups excluding carboxylic acids is 2. The minimum Gasteiger partial charge on any atom is -0.423 e. The normalized spacial score (nSPS) is 11.0. The van der Waals surface area contributed by atoms with Crippen molar-refractivity contribution < 1.29 is 19.1 Å². The number of hydrogen-bond donors (Lipinski definition) is 0. The van der Waals surface area contributed by atoms with E-state index in [2.05, 4.69) is 0 Å². The van der Waals surface area contributed by atoms with Gasteiger partial charge in [0.05, 0.1) is 0 Å². The second kappa shape index (κ2) is 7.76. The molecule has 4 nitrogen and oxygen atoms in total. The van der Waals surface area contributed by atoms with Crippen LogP contribution in [0.25, 0.3) is 21.5 Å². The van der Waals surface area contributed by atoms with Gasteiger partial charge >= 0.3 is 11.9 Å². The summed E-state index contributed by atoms with van der Waals surface area (Å²) < 4.78 is 10.7. The van der Waals surface area contributed by atoms with Gasteiger partial charge in [-0.2, -0.15) is 0 Å². The summed E-state index contributed by atoms with van der Waals surface area (Å²) in [5.74, 6) is -0.414. The van der Waals surface area contributed by atoms with E-state index in [4.69, 9.17) is 9.47 Å². The Morgan fingerprint density at radius 3 is 1.39 bits per heavy atom. The second-order valence-electron chi connectivity index (χ2n) is 6.13. The van der Waals surface area contributed by atoms with E-state index in [1.807, 2.05) is 72.8 Å². The van der Waals surface area contributed by atoms with E-state index in [-0.39, 0.29) is 0 Å². The van der Waals surface area contributed by atoms with Crippen LogP contribution >= 0.6 is 0 Å². The monoisotopic (exact) mass is 368 g/mol. The molecule has 136 valence electrons. The zero-order valence-electron chi connectivity index (χ0n) is 14.9. The topological polar surface area (TPSA) is 52.6 Å². The lowest BCUT2D eigenvalue weighted by Gasteiger charge is -2.06. The molecule has 0 bridgehead atoms. The lowest BCUT2D eigenvalue weighted by atomic mass is 10.1. The molecule has 0 aliphatic heterocycles. The first-order chi connectivity index (χ1) is 13.7. The van der Waals surface area contributed by atoms with Crippen molar-refractivity contribution in [2.24, 2.45) is 0 Å². The van der Waals surface area contributed by atoms with Gasteiger partial charge in [0.2, 0.25) is 0 Å². The van der Waals surface area contributed by atoms with Crippen molar-refractivity contribution in [3.63, 3.8) is 0 Å². The number of benzene rings is 4. The highest BCUT2D eigenvalue weighted by molar-refractivity contribution is 5.97. The molecule has 0 unspecified atom stereocenters. The molecule has 0 aromatic heterocycles. The van der Waals surface area contributed by atoms with Crippen LogP contribution in [0.5, 0.6) is 11.5 Å². The third-order valence-electron chi connectivity index (χ3n) is 4.28. The molecular formula is C24H16O4. The van der Waals surface area contributed by atoms with Gasteiger partial charge in [-0.15, -0.1) is 0 Å². The minimum atomic E-state index is -0.647. The molecule has 0 fully saturated rings. The first kappa shape index (κ1) is 17.5. The fourth-order valence-electron chi connectivity index (χ4n) is 2.99. The number of ether oxygens (including phenoxy) is 2. The maximum Gasteiger partial charge on any atom is 0.336 e. The number of hydrogen-bond acceptors (Lipinski definition) is 4. The van der Waals surface area contributed by atoms with Gasteiger partial charge in [-0.05, 0) is 22.9 Å². The van der Waals surface area contributed by atoms with E-state index in [1.165, 1.54) is 0 Å². The van der Waals surface area contributed by atoms with Crippen molar-refractivity contribution in [2.75, 3.05) is 0 Å². The molecule has 0 N–H and O–H groups in total. The van der Waals surface area contributed by atoms with E-state index in [1.54, 1.807) is 12.1 Å². The Bertz CT molecular complexity index is 1100. The molecule has 4 aromatic carbocycles. The molecule has 0 saturated heterocycles. The summed E-state index contributed by atoms with van der Waals surface area (Å²) >= 11 is 0. The Balaban J connectivity index is 1.46. The summed E-state index contributed by atoms with van der Waals surface area (Å²) in [5, 5.41) is 3.58. The zero-order chi connectivity index (χ0) is 19.3. The van der Waals surface area contributed by atoms with Crippen LogP contribution < -0.4 is 9.47 Å². The van der Waals surface area contributed by atoms with Crippen LogP contribution in [0.3, 0.4) is 0 Å². The average Bonchev–Trinajstić information content (AvgIpc) is 2.73. The van der Waals surface area contributed by atoms with Crippen molar-refractivity contribution in [3.05, 3.63) is 97.1 Å². The molecule has 0 heterocycles. The zero-order valence-corrected chi connectivity index (χ0v) is 14.9. The summed E-state index contributed by atoms with van der Waals surface area (Å²) in [6, 6.07) is 26.1. The molecule has 0 amide bonds. The fourth-order valence-corrected chi connectivity index (χ4v) is 2.99. The number of rotatable bonds is 4. The van der Waals surface area contributed by atoms with Gasteiger partial charge in [-0.1, -0.05) is 72.8 Å². The average molecular weight is 368 g/mol. The van der Waals surface area contributed by atoms with Crippen molar-refractivity contribution in [3.8, 4) is 11.5 Å². The van der Waals surface area contributed by atoms with Gasteiger partial charge in [0.1, 0.15) is 11.5 Å². The molecule has 4 heteroatoms.